The molecule has 1 saturated heterocycles. The van der Waals surface area contributed by atoms with Gasteiger partial charge in [0.15, 0.2) is 0 Å². The summed E-state index contributed by atoms with van der Waals surface area (Å²) < 4.78 is 0. The summed E-state index contributed by atoms with van der Waals surface area (Å²) in [4.78, 5) is 27.2. The molecule has 5 heteroatoms. The fourth-order valence-corrected chi connectivity index (χ4v) is 3.72. The van der Waals surface area contributed by atoms with E-state index in [1.54, 1.807) is 0 Å². The van der Waals surface area contributed by atoms with Crippen LogP contribution >= 0.6 is 0 Å². The molecule has 3 rings (SSSR count). The number of hydrogen-bond acceptors (Lipinski definition) is 3. The molecular formula is C24H31N3O2. The first kappa shape index (κ1) is 20.9. The first-order valence-electron chi connectivity index (χ1n) is 10.4. The second-order valence-electron chi connectivity index (χ2n) is 8.32. The smallest absolute Gasteiger partial charge is 0.314 e. The van der Waals surface area contributed by atoms with Gasteiger partial charge in [-0.15, -0.1) is 0 Å². The zero-order valence-corrected chi connectivity index (χ0v) is 17.8. The Bertz CT molecular complexity index is 866. The van der Waals surface area contributed by atoms with Gasteiger partial charge in [0, 0.05) is 30.2 Å². The Morgan fingerprint density at radius 2 is 1.59 bits per heavy atom. The van der Waals surface area contributed by atoms with Gasteiger partial charge >= 0.3 is 11.8 Å². The highest BCUT2D eigenvalue weighted by molar-refractivity contribution is 6.43. The molecule has 0 aliphatic carbocycles. The van der Waals surface area contributed by atoms with E-state index in [9.17, 15) is 9.59 Å². The van der Waals surface area contributed by atoms with Gasteiger partial charge in [0.2, 0.25) is 0 Å². The number of benzene rings is 2. The summed E-state index contributed by atoms with van der Waals surface area (Å²) >= 11 is 0. The molecule has 2 N–H and O–H groups in total. The molecule has 5 nitrogen and oxygen atoms in total. The molecular weight excluding hydrogens is 362 g/mol. The van der Waals surface area contributed by atoms with Crippen LogP contribution in [0.4, 0.5) is 17.1 Å². The van der Waals surface area contributed by atoms with Crippen molar-refractivity contribution < 1.29 is 9.59 Å². The number of rotatable bonds is 4. The highest BCUT2D eigenvalue weighted by Crippen LogP contribution is 2.27. The Kier molecular flexibility index (Phi) is 6.57. The Morgan fingerprint density at radius 3 is 2.21 bits per heavy atom. The minimum Gasteiger partial charge on any atom is -0.372 e. The zero-order valence-electron chi connectivity index (χ0n) is 17.8. The SMILES string of the molecule is Cc1cccc(C(C)C)c1NC(=O)C(=O)Nc1ccc(N2CCC(C)CC2)cc1. The number of amides is 2. The van der Waals surface area contributed by atoms with E-state index in [2.05, 4.69) is 36.3 Å². The van der Waals surface area contributed by atoms with E-state index in [0.717, 1.165) is 41.5 Å². The fraction of sp³-hybridized carbons (Fsp3) is 0.417. The summed E-state index contributed by atoms with van der Waals surface area (Å²) in [5, 5.41) is 5.49. The lowest BCUT2D eigenvalue weighted by Gasteiger charge is -2.32. The maximum absolute atomic E-state index is 12.5. The van der Waals surface area contributed by atoms with E-state index in [1.165, 1.54) is 12.8 Å². The highest BCUT2D eigenvalue weighted by Gasteiger charge is 2.19. The van der Waals surface area contributed by atoms with Gasteiger partial charge in [-0.1, -0.05) is 39.0 Å². The lowest BCUT2D eigenvalue weighted by atomic mass is 9.98. The Balaban J connectivity index is 1.62. The van der Waals surface area contributed by atoms with Crippen LogP contribution in [0.3, 0.4) is 0 Å². The summed E-state index contributed by atoms with van der Waals surface area (Å²) in [6.07, 6.45) is 2.41. The largest absolute Gasteiger partial charge is 0.372 e. The van der Waals surface area contributed by atoms with E-state index >= 15 is 0 Å². The van der Waals surface area contributed by atoms with Gasteiger partial charge in [0.25, 0.3) is 0 Å². The maximum Gasteiger partial charge on any atom is 0.314 e. The van der Waals surface area contributed by atoms with Gasteiger partial charge in [-0.25, -0.2) is 0 Å². The molecule has 0 radical (unpaired) electrons. The second-order valence-corrected chi connectivity index (χ2v) is 8.32. The molecule has 154 valence electrons. The standard InChI is InChI=1S/C24H31N3O2/c1-16(2)21-7-5-6-18(4)22(21)26-24(29)23(28)25-19-8-10-20(11-9-19)27-14-12-17(3)13-15-27/h5-11,16-17H,12-15H2,1-4H3,(H,25,28)(H,26,29). The summed E-state index contributed by atoms with van der Waals surface area (Å²) in [6.45, 7) is 10.5. The molecule has 0 atom stereocenters. The van der Waals surface area contributed by atoms with Crippen LogP contribution in [0, 0.1) is 12.8 Å². The average molecular weight is 394 g/mol. The third kappa shape index (κ3) is 5.17. The molecule has 29 heavy (non-hydrogen) atoms. The van der Waals surface area contributed by atoms with Crippen LogP contribution in [0.2, 0.25) is 0 Å². The third-order valence-electron chi connectivity index (χ3n) is 5.65. The molecule has 1 heterocycles. The maximum atomic E-state index is 12.5. The van der Waals surface area contributed by atoms with E-state index in [1.807, 2.05) is 49.4 Å². The predicted octanol–water partition coefficient (Wildman–Crippen LogP) is 4.93. The van der Waals surface area contributed by atoms with Gasteiger partial charge in [-0.2, -0.15) is 0 Å². The van der Waals surface area contributed by atoms with E-state index in [-0.39, 0.29) is 5.92 Å². The topological polar surface area (TPSA) is 61.4 Å². The van der Waals surface area contributed by atoms with Gasteiger partial charge < -0.3 is 15.5 Å². The van der Waals surface area contributed by atoms with Crippen LogP contribution in [0.5, 0.6) is 0 Å². The lowest BCUT2D eigenvalue weighted by Crippen LogP contribution is -2.32. The van der Waals surface area contributed by atoms with Crippen LogP contribution in [-0.4, -0.2) is 24.9 Å². The van der Waals surface area contributed by atoms with Gasteiger partial charge in [0.1, 0.15) is 0 Å². The number of nitrogens with zero attached hydrogens (tertiary/aromatic N) is 1. The van der Waals surface area contributed by atoms with Crippen LogP contribution < -0.4 is 15.5 Å². The molecule has 1 aliphatic heterocycles. The van der Waals surface area contributed by atoms with E-state index < -0.39 is 11.8 Å². The monoisotopic (exact) mass is 393 g/mol. The molecule has 2 aromatic rings. The summed E-state index contributed by atoms with van der Waals surface area (Å²) in [5.74, 6) is -0.288. The number of carbonyl (C=O) groups is 2. The zero-order chi connectivity index (χ0) is 21.0. The second kappa shape index (κ2) is 9.12. The molecule has 0 bridgehead atoms. The normalized spacial score (nSPS) is 14.7. The Hall–Kier alpha value is -2.82. The van der Waals surface area contributed by atoms with Crippen molar-refractivity contribution in [3.8, 4) is 0 Å². The van der Waals surface area contributed by atoms with Gasteiger partial charge in [-0.05, 0) is 67.0 Å². The van der Waals surface area contributed by atoms with Crippen LogP contribution in [0.1, 0.15) is 50.7 Å². The number of anilines is 3. The first-order chi connectivity index (χ1) is 13.8. The molecule has 0 aromatic heterocycles. The van der Waals surface area contributed by atoms with Crippen molar-refractivity contribution in [3.63, 3.8) is 0 Å². The number of nitrogens with one attached hydrogen (secondary N) is 2. The van der Waals surface area contributed by atoms with Crippen molar-refractivity contribution in [1.29, 1.82) is 0 Å². The Labute approximate surface area is 173 Å². The molecule has 1 fully saturated rings. The number of carbonyl (C=O) groups excluding carboxylic acids is 2. The van der Waals surface area contributed by atoms with Gasteiger partial charge in [0.05, 0.1) is 0 Å². The van der Waals surface area contributed by atoms with Gasteiger partial charge in [-0.3, -0.25) is 9.59 Å². The average Bonchev–Trinajstić information content (AvgIpc) is 2.70. The van der Waals surface area contributed by atoms with Crippen molar-refractivity contribution >= 4 is 28.9 Å². The van der Waals surface area contributed by atoms with Crippen LogP contribution in [0.15, 0.2) is 42.5 Å². The van der Waals surface area contributed by atoms with Crippen molar-refractivity contribution in [2.75, 3.05) is 28.6 Å². The number of piperidine rings is 1. The van der Waals surface area contributed by atoms with Crippen molar-refractivity contribution in [3.05, 3.63) is 53.6 Å². The summed E-state index contributed by atoms with van der Waals surface area (Å²) in [7, 11) is 0. The predicted molar refractivity (Wildman–Crippen MR) is 120 cm³/mol. The summed E-state index contributed by atoms with van der Waals surface area (Å²) in [5.41, 5.74) is 4.45. The molecule has 2 amide bonds. The van der Waals surface area contributed by atoms with E-state index in [4.69, 9.17) is 0 Å². The molecule has 1 aliphatic rings. The molecule has 0 spiro atoms. The summed E-state index contributed by atoms with van der Waals surface area (Å²) in [6, 6.07) is 13.6. The van der Waals surface area contributed by atoms with Crippen molar-refractivity contribution in [2.24, 2.45) is 5.92 Å². The van der Waals surface area contributed by atoms with Crippen molar-refractivity contribution in [1.82, 2.24) is 0 Å². The number of hydrogen-bond donors (Lipinski definition) is 2. The highest BCUT2D eigenvalue weighted by atomic mass is 16.2. The lowest BCUT2D eigenvalue weighted by molar-refractivity contribution is -0.133. The third-order valence-corrected chi connectivity index (χ3v) is 5.65. The molecule has 2 aromatic carbocycles. The molecule has 0 saturated carbocycles. The quantitative estimate of drug-likeness (QED) is 0.724. The van der Waals surface area contributed by atoms with Crippen LogP contribution in [-0.2, 0) is 9.59 Å². The Morgan fingerprint density at radius 1 is 0.966 bits per heavy atom. The first-order valence-corrected chi connectivity index (χ1v) is 10.4. The fourth-order valence-electron chi connectivity index (χ4n) is 3.72. The van der Waals surface area contributed by atoms with Crippen molar-refractivity contribution in [2.45, 2.75) is 46.5 Å². The number of aryl methyl sites for hydroxylation is 1. The van der Waals surface area contributed by atoms with E-state index in [0.29, 0.717) is 5.69 Å². The minimum absolute atomic E-state index is 0.249. The number of para-hydroxylation sites is 1. The molecule has 0 unspecified atom stereocenters. The minimum atomic E-state index is -0.664. The van der Waals surface area contributed by atoms with Crippen LogP contribution in [0.25, 0.3) is 0 Å².